The molecule has 0 saturated carbocycles. The molecular weight excluding hydrogens is 299 g/mol. The van der Waals surface area contributed by atoms with E-state index in [1.165, 1.54) is 7.11 Å². The summed E-state index contributed by atoms with van der Waals surface area (Å²) in [5, 5.41) is 3.97. The van der Waals surface area contributed by atoms with Crippen LogP contribution in [0.1, 0.15) is 23.2 Å². The number of likely N-dealkylation sites (N-methyl/N-ethyl adjacent to an activating group) is 1. The van der Waals surface area contributed by atoms with Crippen LogP contribution >= 0.6 is 23.2 Å². The minimum atomic E-state index is -0.130. The lowest BCUT2D eigenvalue weighted by Crippen LogP contribution is -2.47. The second kappa shape index (κ2) is 6.66. The Kier molecular flexibility index (Phi) is 5.13. The number of methoxy groups -OCH3 is 1. The maximum absolute atomic E-state index is 12.7. The summed E-state index contributed by atoms with van der Waals surface area (Å²) in [7, 11) is 3.40. The highest BCUT2D eigenvalue weighted by atomic mass is 35.5. The van der Waals surface area contributed by atoms with Gasteiger partial charge >= 0.3 is 0 Å². The fourth-order valence-electron chi connectivity index (χ4n) is 2.49. The van der Waals surface area contributed by atoms with Crippen molar-refractivity contribution in [3.8, 4) is 5.75 Å². The summed E-state index contributed by atoms with van der Waals surface area (Å²) in [6.45, 7) is 1.39. The predicted octanol–water partition coefficient (Wildman–Crippen LogP) is 2.83. The van der Waals surface area contributed by atoms with Crippen molar-refractivity contribution in [1.29, 1.82) is 0 Å². The Morgan fingerprint density at radius 2 is 2.10 bits per heavy atom. The molecule has 1 saturated heterocycles. The number of amides is 1. The van der Waals surface area contributed by atoms with E-state index in [4.69, 9.17) is 27.9 Å². The smallest absolute Gasteiger partial charge is 0.259 e. The molecule has 1 aliphatic rings. The van der Waals surface area contributed by atoms with Crippen molar-refractivity contribution in [2.24, 2.45) is 0 Å². The van der Waals surface area contributed by atoms with Crippen molar-refractivity contribution in [2.45, 2.75) is 18.9 Å². The zero-order valence-electron chi connectivity index (χ0n) is 11.6. The third-order valence-electron chi connectivity index (χ3n) is 3.59. The Morgan fingerprint density at radius 3 is 2.75 bits per heavy atom. The van der Waals surface area contributed by atoms with E-state index >= 15 is 0 Å². The van der Waals surface area contributed by atoms with E-state index in [-0.39, 0.29) is 5.91 Å². The molecule has 20 heavy (non-hydrogen) atoms. The summed E-state index contributed by atoms with van der Waals surface area (Å²) in [4.78, 5) is 14.5. The summed E-state index contributed by atoms with van der Waals surface area (Å²) in [5.74, 6) is 0.213. The molecule has 1 aromatic rings. The molecule has 1 atom stereocenters. The number of ether oxygens (including phenoxy) is 1. The van der Waals surface area contributed by atoms with Gasteiger partial charge in [0.15, 0.2) is 5.75 Å². The minimum absolute atomic E-state index is 0.130. The van der Waals surface area contributed by atoms with E-state index < -0.39 is 0 Å². The highest BCUT2D eigenvalue weighted by Gasteiger charge is 2.28. The molecule has 0 aromatic heterocycles. The Bertz CT molecular complexity index is 508. The van der Waals surface area contributed by atoms with Gasteiger partial charge in [0.25, 0.3) is 5.91 Å². The van der Waals surface area contributed by atoms with Crippen molar-refractivity contribution in [3.63, 3.8) is 0 Å². The number of carbonyl (C=O) groups is 1. The molecule has 1 aromatic carbocycles. The molecular formula is C14H18Cl2N2O2. The van der Waals surface area contributed by atoms with Crippen molar-refractivity contribution < 1.29 is 9.53 Å². The third kappa shape index (κ3) is 3.03. The van der Waals surface area contributed by atoms with Crippen LogP contribution in [-0.2, 0) is 0 Å². The first kappa shape index (κ1) is 15.4. The fraction of sp³-hybridized carbons (Fsp3) is 0.500. The Balaban J connectivity index is 2.31. The van der Waals surface area contributed by atoms with Gasteiger partial charge in [0, 0.05) is 19.1 Å². The van der Waals surface area contributed by atoms with Crippen LogP contribution in [0.2, 0.25) is 10.0 Å². The quantitative estimate of drug-likeness (QED) is 0.932. The maximum atomic E-state index is 12.7. The fourth-order valence-corrected chi connectivity index (χ4v) is 2.95. The number of piperidine rings is 1. The number of halogens is 2. The number of hydrogen-bond donors (Lipinski definition) is 1. The maximum Gasteiger partial charge on any atom is 0.259 e. The van der Waals surface area contributed by atoms with Crippen LogP contribution in [0, 0.1) is 0 Å². The molecule has 6 heteroatoms. The molecule has 1 aliphatic heterocycles. The first-order valence-corrected chi connectivity index (χ1v) is 7.32. The molecule has 0 bridgehead atoms. The number of nitrogens with one attached hydrogen (secondary N) is 1. The van der Waals surface area contributed by atoms with Gasteiger partial charge in [-0.2, -0.15) is 0 Å². The van der Waals surface area contributed by atoms with Crippen LogP contribution in [0.4, 0.5) is 0 Å². The van der Waals surface area contributed by atoms with Gasteiger partial charge in [0.2, 0.25) is 0 Å². The van der Waals surface area contributed by atoms with Gasteiger partial charge in [-0.05, 0) is 32.0 Å². The molecule has 1 N–H and O–H groups in total. The van der Waals surface area contributed by atoms with Gasteiger partial charge in [0.1, 0.15) is 5.56 Å². The van der Waals surface area contributed by atoms with Crippen LogP contribution in [0.25, 0.3) is 0 Å². The largest absolute Gasteiger partial charge is 0.494 e. The average molecular weight is 317 g/mol. The Morgan fingerprint density at radius 1 is 1.40 bits per heavy atom. The lowest BCUT2D eigenvalue weighted by molar-refractivity contribution is 0.0695. The van der Waals surface area contributed by atoms with Crippen LogP contribution in [0.3, 0.4) is 0 Å². The molecule has 0 radical (unpaired) electrons. The molecule has 110 valence electrons. The number of rotatable bonds is 3. The molecule has 1 unspecified atom stereocenters. The Hall–Kier alpha value is -0.970. The highest BCUT2D eigenvalue weighted by Crippen LogP contribution is 2.35. The summed E-state index contributed by atoms with van der Waals surface area (Å²) < 4.78 is 5.24. The summed E-state index contributed by atoms with van der Waals surface area (Å²) in [6.07, 6.45) is 2.04. The van der Waals surface area contributed by atoms with Crippen molar-refractivity contribution in [1.82, 2.24) is 10.2 Å². The highest BCUT2D eigenvalue weighted by molar-refractivity contribution is 6.37. The van der Waals surface area contributed by atoms with Gasteiger partial charge in [-0.25, -0.2) is 0 Å². The zero-order valence-corrected chi connectivity index (χ0v) is 13.1. The second-order valence-electron chi connectivity index (χ2n) is 4.82. The summed E-state index contributed by atoms with van der Waals surface area (Å²) in [5.41, 5.74) is 0.346. The lowest BCUT2D eigenvalue weighted by Gasteiger charge is -2.33. The monoisotopic (exact) mass is 316 g/mol. The SMILES string of the molecule is CNC1CCCN(C(=O)c2c(Cl)ccc(Cl)c2OC)C1. The number of carbonyl (C=O) groups excluding carboxylic acids is 1. The number of benzene rings is 1. The van der Waals surface area contributed by atoms with Crippen molar-refractivity contribution in [3.05, 3.63) is 27.7 Å². The van der Waals surface area contributed by atoms with Crippen LogP contribution in [-0.4, -0.2) is 44.1 Å². The molecule has 1 fully saturated rings. The van der Waals surface area contributed by atoms with Gasteiger partial charge in [-0.15, -0.1) is 0 Å². The van der Waals surface area contributed by atoms with E-state index in [0.717, 1.165) is 19.4 Å². The molecule has 4 nitrogen and oxygen atoms in total. The van der Waals surface area contributed by atoms with Crippen molar-refractivity contribution >= 4 is 29.1 Å². The normalized spacial score (nSPS) is 19.0. The van der Waals surface area contributed by atoms with Gasteiger partial charge < -0.3 is 15.0 Å². The van der Waals surface area contributed by atoms with Crippen LogP contribution in [0.5, 0.6) is 5.75 Å². The zero-order chi connectivity index (χ0) is 14.7. The summed E-state index contributed by atoms with van der Waals surface area (Å²) >= 11 is 12.2. The lowest BCUT2D eigenvalue weighted by atomic mass is 10.0. The van der Waals surface area contributed by atoms with Crippen LogP contribution in [0.15, 0.2) is 12.1 Å². The molecule has 0 spiro atoms. The van der Waals surface area contributed by atoms with E-state index in [0.29, 0.717) is 33.9 Å². The number of nitrogens with zero attached hydrogens (tertiary/aromatic N) is 1. The molecule has 1 heterocycles. The molecule has 2 rings (SSSR count). The second-order valence-corrected chi connectivity index (χ2v) is 5.63. The standard InChI is InChI=1S/C14H18Cl2N2O2/c1-17-9-4-3-7-18(8-9)14(19)12-10(15)5-6-11(16)13(12)20-2/h5-6,9,17H,3-4,7-8H2,1-2H3. The number of likely N-dealkylation sites (tertiary alicyclic amines) is 1. The number of hydrogen-bond acceptors (Lipinski definition) is 3. The van der Waals surface area contributed by atoms with E-state index in [9.17, 15) is 4.79 Å². The van der Waals surface area contributed by atoms with Gasteiger partial charge in [0.05, 0.1) is 17.2 Å². The minimum Gasteiger partial charge on any atom is -0.494 e. The summed E-state index contributed by atoms with van der Waals surface area (Å²) in [6, 6.07) is 3.57. The van der Waals surface area contributed by atoms with E-state index in [1.54, 1.807) is 17.0 Å². The van der Waals surface area contributed by atoms with E-state index in [2.05, 4.69) is 5.32 Å². The third-order valence-corrected chi connectivity index (χ3v) is 4.21. The van der Waals surface area contributed by atoms with Gasteiger partial charge in [-0.1, -0.05) is 23.2 Å². The van der Waals surface area contributed by atoms with E-state index in [1.807, 2.05) is 7.05 Å². The predicted molar refractivity (Wildman–Crippen MR) is 81.0 cm³/mol. The topological polar surface area (TPSA) is 41.6 Å². The molecule has 1 amide bonds. The van der Waals surface area contributed by atoms with Crippen LogP contribution < -0.4 is 10.1 Å². The molecule has 0 aliphatic carbocycles. The van der Waals surface area contributed by atoms with Gasteiger partial charge in [-0.3, -0.25) is 4.79 Å². The first-order chi connectivity index (χ1) is 9.58. The van der Waals surface area contributed by atoms with Crippen molar-refractivity contribution in [2.75, 3.05) is 27.2 Å². The first-order valence-electron chi connectivity index (χ1n) is 6.57. The average Bonchev–Trinajstić information content (AvgIpc) is 2.48. The Labute approximate surface area is 129 Å².